The lowest BCUT2D eigenvalue weighted by Gasteiger charge is -2.11. The molecule has 0 saturated heterocycles. The zero-order valence-electron chi connectivity index (χ0n) is 16.4. The predicted molar refractivity (Wildman–Crippen MR) is 116 cm³/mol. The second-order valence-electron chi connectivity index (χ2n) is 6.54. The summed E-state index contributed by atoms with van der Waals surface area (Å²) in [5.74, 6) is -0.166. The van der Waals surface area contributed by atoms with Crippen LogP contribution in [0.2, 0.25) is 10.0 Å². The van der Waals surface area contributed by atoms with Crippen LogP contribution in [0.3, 0.4) is 0 Å². The third-order valence-electron chi connectivity index (χ3n) is 4.33. The van der Waals surface area contributed by atoms with Gasteiger partial charge in [-0.3, -0.25) is 29.7 Å². The molecule has 1 N–H and O–H groups in total. The summed E-state index contributed by atoms with van der Waals surface area (Å²) in [6.45, 7) is 1.61. The number of ether oxygens (including phenoxy) is 1. The van der Waals surface area contributed by atoms with Crippen LogP contribution in [0.5, 0.6) is 11.5 Å². The Kier molecular flexibility index (Phi) is 6.91. The number of carbonyl (C=O) groups is 1. The SMILES string of the molecule is Cc1c([N+](=O)[O-])cnn1CCC(=O)Nc1cc(Oc2ccc(Cl)cc2Cl)cc([N+](=O)[O-])c1. The van der Waals surface area contributed by atoms with Crippen molar-refractivity contribution >= 4 is 46.2 Å². The third kappa shape index (κ3) is 5.50. The second-order valence-corrected chi connectivity index (χ2v) is 7.39. The van der Waals surface area contributed by atoms with Crippen molar-refractivity contribution in [2.75, 3.05) is 5.32 Å². The molecule has 0 atom stereocenters. The Labute approximate surface area is 190 Å². The summed E-state index contributed by atoms with van der Waals surface area (Å²) in [7, 11) is 0. The van der Waals surface area contributed by atoms with Gasteiger partial charge in [-0.15, -0.1) is 0 Å². The van der Waals surface area contributed by atoms with E-state index in [-0.39, 0.29) is 46.5 Å². The van der Waals surface area contributed by atoms with Gasteiger partial charge in [0, 0.05) is 23.6 Å². The molecule has 1 heterocycles. The van der Waals surface area contributed by atoms with Crippen molar-refractivity contribution < 1.29 is 19.4 Å². The fourth-order valence-electron chi connectivity index (χ4n) is 2.78. The molecule has 166 valence electrons. The predicted octanol–water partition coefficient (Wildman–Crippen LogP) is 5.14. The fraction of sp³-hybridized carbons (Fsp3) is 0.158. The highest BCUT2D eigenvalue weighted by Gasteiger charge is 2.18. The van der Waals surface area contributed by atoms with Crippen molar-refractivity contribution in [1.29, 1.82) is 0 Å². The number of hydrogen-bond donors (Lipinski definition) is 1. The summed E-state index contributed by atoms with van der Waals surface area (Å²) in [6, 6.07) is 8.28. The van der Waals surface area contributed by atoms with Crippen LogP contribution in [-0.2, 0) is 11.3 Å². The van der Waals surface area contributed by atoms with E-state index in [2.05, 4.69) is 10.4 Å². The molecule has 1 aromatic heterocycles. The summed E-state index contributed by atoms with van der Waals surface area (Å²) in [6.07, 6.45) is 1.04. The van der Waals surface area contributed by atoms with E-state index in [1.165, 1.54) is 41.9 Å². The monoisotopic (exact) mass is 479 g/mol. The number of amides is 1. The van der Waals surface area contributed by atoms with E-state index >= 15 is 0 Å². The Morgan fingerprint density at radius 2 is 1.91 bits per heavy atom. The number of anilines is 1. The Bertz CT molecular complexity index is 1210. The quantitative estimate of drug-likeness (QED) is 0.348. The number of nitro benzene ring substituents is 1. The summed E-state index contributed by atoms with van der Waals surface area (Å²) in [5.41, 5.74) is -0.00527. The minimum absolute atomic E-state index is 0.0679. The maximum absolute atomic E-state index is 12.3. The van der Waals surface area contributed by atoms with Crippen molar-refractivity contribution in [3.63, 3.8) is 0 Å². The molecule has 3 rings (SSSR count). The number of hydrogen-bond acceptors (Lipinski definition) is 7. The molecule has 0 unspecified atom stereocenters. The molecule has 1 amide bonds. The maximum atomic E-state index is 12.3. The average molecular weight is 480 g/mol. The topological polar surface area (TPSA) is 142 Å². The lowest BCUT2D eigenvalue weighted by molar-refractivity contribution is -0.385. The van der Waals surface area contributed by atoms with Crippen LogP contribution < -0.4 is 10.1 Å². The molecule has 3 aromatic rings. The number of aromatic nitrogens is 2. The number of halogens is 2. The molecule has 0 bridgehead atoms. The zero-order chi connectivity index (χ0) is 23.4. The summed E-state index contributed by atoms with van der Waals surface area (Å²) in [5, 5.41) is 29.2. The molecule has 0 fully saturated rings. The Balaban J connectivity index is 1.74. The van der Waals surface area contributed by atoms with Crippen molar-refractivity contribution in [3.8, 4) is 11.5 Å². The first-order chi connectivity index (χ1) is 15.1. The van der Waals surface area contributed by atoms with E-state index in [1.54, 1.807) is 6.07 Å². The highest BCUT2D eigenvalue weighted by Crippen LogP contribution is 2.34. The molecule has 0 spiro atoms. The number of nitrogens with zero attached hydrogens (tertiary/aromatic N) is 4. The number of aryl methyl sites for hydroxylation is 1. The smallest absolute Gasteiger partial charge is 0.309 e. The van der Waals surface area contributed by atoms with Crippen molar-refractivity contribution in [2.24, 2.45) is 0 Å². The Morgan fingerprint density at radius 1 is 1.16 bits per heavy atom. The number of nitrogens with one attached hydrogen (secondary N) is 1. The largest absolute Gasteiger partial charge is 0.455 e. The first-order valence-electron chi connectivity index (χ1n) is 9.03. The molecular weight excluding hydrogens is 465 g/mol. The van der Waals surface area contributed by atoms with Crippen LogP contribution in [0, 0.1) is 27.2 Å². The average Bonchev–Trinajstić information content (AvgIpc) is 3.09. The first kappa shape index (κ1) is 23.0. The van der Waals surface area contributed by atoms with Gasteiger partial charge >= 0.3 is 5.69 Å². The van der Waals surface area contributed by atoms with Gasteiger partial charge in [-0.1, -0.05) is 23.2 Å². The molecule has 32 heavy (non-hydrogen) atoms. The molecule has 0 aliphatic carbocycles. The summed E-state index contributed by atoms with van der Waals surface area (Å²) < 4.78 is 6.96. The maximum Gasteiger partial charge on any atom is 0.309 e. The minimum Gasteiger partial charge on any atom is -0.455 e. The van der Waals surface area contributed by atoms with Gasteiger partial charge in [0.05, 0.1) is 33.2 Å². The van der Waals surface area contributed by atoms with Gasteiger partial charge in [-0.2, -0.15) is 5.10 Å². The van der Waals surface area contributed by atoms with Crippen molar-refractivity contribution in [2.45, 2.75) is 19.9 Å². The van der Waals surface area contributed by atoms with E-state index in [0.29, 0.717) is 10.7 Å². The van der Waals surface area contributed by atoms with Gasteiger partial charge in [0.25, 0.3) is 5.69 Å². The first-order valence-corrected chi connectivity index (χ1v) is 9.78. The van der Waals surface area contributed by atoms with Crippen LogP contribution in [0.4, 0.5) is 17.1 Å². The summed E-state index contributed by atoms with van der Waals surface area (Å²) in [4.78, 5) is 33.3. The van der Waals surface area contributed by atoms with Crippen molar-refractivity contribution in [3.05, 3.63) is 78.6 Å². The fourth-order valence-corrected chi connectivity index (χ4v) is 3.22. The number of nitro groups is 2. The van der Waals surface area contributed by atoms with E-state index in [0.717, 1.165) is 6.20 Å². The van der Waals surface area contributed by atoms with E-state index in [1.807, 2.05) is 0 Å². The highest BCUT2D eigenvalue weighted by atomic mass is 35.5. The van der Waals surface area contributed by atoms with Crippen LogP contribution in [0.15, 0.2) is 42.6 Å². The number of rotatable bonds is 8. The van der Waals surface area contributed by atoms with Gasteiger partial charge in [-0.05, 0) is 25.1 Å². The Morgan fingerprint density at radius 3 is 2.53 bits per heavy atom. The summed E-state index contributed by atoms with van der Waals surface area (Å²) >= 11 is 11.9. The number of benzene rings is 2. The van der Waals surface area contributed by atoms with E-state index in [4.69, 9.17) is 27.9 Å². The molecule has 0 saturated carbocycles. The zero-order valence-corrected chi connectivity index (χ0v) is 18.0. The van der Waals surface area contributed by atoms with Gasteiger partial charge in [0.2, 0.25) is 5.91 Å². The molecule has 2 aromatic carbocycles. The molecule has 0 aliphatic heterocycles. The minimum atomic E-state index is -0.627. The molecule has 11 nitrogen and oxygen atoms in total. The normalized spacial score (nSPS) is 10.6. The van der Waals surface area contributed by atoms with Crippen LogP contribution in [0.25, 0.3) is 0 Å². The molecule has 13 heteroatoms. The van der Waals surface area contributed by atoms with Gasteiger partial charge in [0.15, 0.2) is 0 Å². The van der Waals surface area contributed by atoms with Crippen molar-refractivity contribution in [1.82, 2.24) is 9.78 Å². The Hall–Kier alpha value is -3.70. The second kappa shape index (κ2) is 9.62. The lowest BCUT2D eigenvalue weighted by Crippen LogP contribution is -2.15. The van der Waals surface area contributed by atoms with Crippen LogP contribution in [0.1, 0.15) is 12.1 Å². The van der Waals surface area contributed by atoms with Crippen LogP contribution in [-0.4, -0.2) is 25.5 Å². The lowest BCUT2D eigenvalue weighted by atomic mass is 10.2. The van der Waals surface area contributed by atoms with Gasteiger partial charge in [-0.25, -0.2) is 0 Å². The van der Waals surface area contributed by atoms with E-state index < -0.39 is 15.8 Å². The van der Waals surface area contributed by atoms with E-state index in [9.17, 15) is 25.0 Å². The third-order valence-corrected chi connectivity index (χ3v) is 4.86. The molecular formula is C19H15Cl2N5O6. The number of non-ortho nitro benzene ring substituents is 1. The van der Waals surface area contributed by atoms with Crippen LogP contribution >= 0.6 is 23.2 Å². The molecule has 0 radical (unpaired) electrons. The highest BCUT2D eigenvalue weighted by molar-refractivity contribution is 6.35. The van der Waals surface area contributed by atoms with Gasteiger partial charge in [0.1, 0.15) is 23.4 Å². The standard InChI is InChI=1S/C19H15Cl2N5O6/c1-11-17(26(30)31)10-22-24(11)5-4-19(27)23-13-7-14(25(28)29)9-15(8-13)32-18-3-2-12(20)6-16(18)21/h2-3,6-10H,4-5H2,1H3,(H,23,27). The molecule has 0 aliphatic rings. The van der Waals surface area contributed by atoms with Gasteiger partial charge < -0.3 is 10.1 Å². The number of carbonyl (C=O) groups excluding carboxylic acids is 1.